The first-order chi connectivity index (χ1) is 9.22. The highest BCUT2D eigenvalue weighted by atomic mass is 15.0. The number of fused-ring (bicyclic) bond motifs is 1. The molecule has 0 saturated heterocycles. The third-order valence-electron chi connectivity index (χ3n) is 2.97. The summed E-state index contributed by atoms with van der Waals surface area (Å²) in [7, 11) is 0. The van der Waals surface area contributed by atoms with Gasteiger partial charge in [-0.25, -0.2) is 9.97 Å². The van der Waals surface area contributed by atoms with Gasteiger partial charge < -0.3 is 11.1 Å². The summed E-state index contributed by atoms with van der Waals surface area (Å²) in [4.78, 5) is 8.52. The van der Waals surface area contributed by atoms with Gasteiger partial charge in [-0.05, 0) is 37.3 Å². The van der Waals surface area contributed by atoms with Gasteiger partial charge in [0.15, 0.2) is 0 Å². The first-order valence-corrected chi connectivity index (χ1v) is 6.06. The van der Waals surface area contributed by atoms with Crippen molar-refractivity contribution in [2.24, 2.45) is 0 Å². The number of nitrogens with two attached hydrogens (primary N) is 1. The molecule has 3 N–H and O–H groups in total. The van der Waals surface area contributed by atoms with Gasteiger partial charge in [-0.2, -0.15) is 0 Å². The molecule has 0 fully saturated rings. The van der Waals surface area contributed by atoms with E-state index >= 15 is 0 Å². The van der Waals surface area contributed by atoms with E-state index in [-0.39, 0.29) is 0 Å². The topological polar surface area (TPSA) is 63.8 Å². The molecule has 0 amide bonds. The molecule has 2 aromatic carbocycles. The van der Waals surface area contributed by atoms with Crippen molar-refractivity contribution < 1.29 is 0 Å². The maximum atomic E-state index is 5.76. The summed E-state index contributed by atoms with van der Waals surface area (Å²) in [6.07, 6.45) is 1.54. The second-order valence-corrected chi connectivity index (χ2v) is 4.49. The molecule has 3 aromatic rings. The van der Waals surface area contributed by atoms with Crippen LogP contribution in [0.1, 0.15) is 5.56 Å². The quantitative estimate of drug-likeness (QED) is 0.685. The molecule has 94 valence electrons. The van der Waals surface area contributed by atoms with Gasteiger partial charge in [-0.15, -0.1) is 0 Å². The predicted octanol–water partition coefficient (Wildman–Crippen LogP) is 3.26. The number of rotatable bonds is 2. The van der Waals surface area contributed by atoms with Crippen molar-refractivity contribution in [1.29, 1.82) is 0 Å². The van der Waals surface area contributed by atoms with Crippen LogP contribution in [0.4, 0.5) is 17.2 Å². The molecule has 0 unspecified atom stereocenters. The fourth-order valence-corrected chi connectivity index (χ4v) is 1.95. The molecule has 0 aliphatic heterocycles. The summed E-state index contributed by atoms with van der Waals surface area (Å²) in [5.74, 6) is 0.786. The zero-order chi connectivity index (χ0) is 13.2. The molecule has 4 heteroatoms. The summed E-state index contributed by atoms with van der Waals surface area (Å²) in [5.41, 5.74) is 9.53. The molecule has 1 aromatic heterocycles. The highest BCUT2D eigenvalue weighted by Gasteiger charge is 2.04. The van der Waals surface area contributed by atoms with E-state index in [1.165, 1.54) is 11.9 Å². The molecule has 0 radical (unpaired) electrons. The lowest BCUT2D eigenvalue weighted by Crippen LogP contribution is -1.96. The Bertz CT molecular complexity index is 720. The maximum Gasteiger partial charge on any atom is 0.141 e. The van der Waals surface area contributed by atoms with Crippen LogP contribution in [0, 0.1) is 6.92 Å². The number of nitrogen functional groups attached to an aromatic ring is 1. The Labute approximate surface area is 111 Å². The number of aromatic nitrogens is 2. The molecule has 1 heterocycles. The third kappa shape index (κ3) is 2.33. The fraction of sp³-hybridized carbons (Fsp3) is 0.0667. The van der Waals surface area contributed by atoms with E-state index in [2.05, 4.69) is 34.3 Å². The first-order valence-electron chi connectivity index (χ1n) is 6.06. The lowest BCUT2D eigenvalue weighted by molar-refractivity contribution is 1.22. The molecule has 3 rings (SSSR count). The molecular weight excluding hydrogens is 236 g/mol. The predicted molar refractivity (Wildman–Crippen MR) is 78.4 cm³/mol. The second-order valence-electron chi connectivity index (χ2n) is 4.49. The Balaban J connectivity index is 2.03. The number of hydrogen-bond acceptors (Lipinski definition) is 4. The second kappa shape index (κ2) is 4.57. The maximum absolute atomic E-state index is 5.76. The summed E-state index contributed by atoms with van der Waals surface area (Å²) in [6.45, 7) is 2.06. The van der Waals surface area contributed by atoms with Crippen molar-refractivity contribution in [3.05, 3.63) is 54.4 Å². The first kappa shape index (κ1) is 11.5. The van der Waals surface area contributed by atoms with Crippen LogP contribution in [0.3, 0.4) is 0 Å². The smallest absolute Gasteiger partial charge is 0.141 e. The van der Waals surface area contributed by atoms with Crippen LogP contribution in [-0.2, 0) is 0 Å². The van der Waals surface area contributed by atoms with E-state index in [4.69, 9.17) is 5.73 Å². The number of anilines is 3. The number of hydrogen-bond donors (Lipinski definition) is 2. The van der Waals surface area contributed by atoms with Crippen molar-refractivity contribution in [3.8, 4) is 0 Å². The Kier molecular flexibility index (Phi) is 2.76. The SMILES string of the molecule is Cc1ccc(Nc2ncnc3cc(N)ccc23)cc1. The molecule has 0 saturated carbocycles. The minimum absolute atomic E-state index is 0.701. The molecule has 4 nitrogen and oxygen atoms in total. The molecular formula is C15H14N4. The average molecular weight is 250 g/mol. The van der Waals surface area contributed by atoms with Crippen LogP contribution < -0.4 is 11.1 Å². The van der Waals surface area contributed by atoms with E-state index in [1.54, 1.807) is 0 Å². The summed E-state index contributed by atoms with van der Waals surface area (Å²) >= 11 is 0. The Morgan fingerprint density at radius 2 is 1.79 bits per heavy atom. The van der Waals surface area contributed by atoms with E-state index < -0.39 is 0 Å². The minimum Gasteiger partial charge on any atom is -0.399 e. The van der Waals surface area contributed by atoms with Gasteiger partial charge in [-0.1, -0.05) is 17.7 Å². The van der Waals surface area contributed by atoms with Crippen LogP contribution in [0.2, 0.25) is 0 Å². The van der Waals surface area contributed by atoms with Gasteiger partial charge in [-0.3, -0.25) is 0 Å². The third-order valence-corrected chi connectivity index (χ3v) is 2.97. The highest BCUT2D eigenvalue weighted by molar-refractivity contribution is 5.92. The van der Waals surface area contributed by atoms with Crippen molar-refractivity contribution in [1.82, 2.24) is 9.97 Å². The molecule has 0 spiro atoms. The van der Waals surface area contributed by atoms with Crippen LogP contribution in [0.5, 0.6) is 0 Å². The van der Waals surface area contributed by atoms with Crippen molar-refractivity contribution in [3.63, 3.8) is 0 Å². The van der Waals surface area contributed by atoms with Gasteiger partial charge in [0, 0.05) is 16.8 Å². The zero-order valence-electron chi connectivity index (χ0n) is 10.6. The highest BCUT2D eigenvalue weighted by Crippen LogP contribution is 2.24. The largest absolute Gasteiger partial charge is 0.399 e. The number of nitrogens with zero attached hydrogens (tertiary/aromatic N) is 2. The van der Waals surface area contributed by atoms with Gasteiger partial charge in [0.1, 0.15) is 12.1 Å². The van der Waals surface area contributed by atoms with Gasteiger partial charge in [0.05, 0.1) is 5.52 Å². The van der Waals surface area contributed by atoms with Gasteiger partial charge in [0.2, 0.25) is 0 Å². The van der Waals surface area contributed by atoms with Gasteiger partial charge >= 0.3 is 0 Å². The van der Waals surface area contributed by atoms with Crippen molar-refractivity contribution in [2.75, 3.05) is 11.1 Å². The standard InChI is InChI=1S/C15H14N4/c1-10-2-5-12(6-3-10)19-15-13-7-4-11(16)8-14(13)17-9-18-15/h2-9H,16H2,1H3,(H,17,18,19). The van der Waals surface area contributed by atoms with Crippen LogP contribution >= 0.6 is 0 Å². The molecule has 0 aliphatic rings. The summed E-state index contributed by atoms with van der Waals surface area (Å²) in [5, 5.41) is 4.26. The Morgan fingerprint density at radius 1 is 1.00 bits per heavy atom. The van der Waals surface area contributed by atoms with E-state index in [0.717, 1.165) is 22.4 Å². The monoisotopic (exact) mass is 250 g/mol. The van der Waals surface area contributed by atoms with Crippen LogP contribution in [0.25, 0.3) is 10.9 Å². The molecule has 0 atom stereocenters. The molecule has 0 bridgehead atoms. The number of benzene rings is 2. The van der Waals surface area contributed by atoms with Gasteiger partial charge in [0.25, 0.3) is 0 Å². The average Bonchev–Trinajstić information content (AvgIpc) is 2.41. The van der Waals surface area contributed by atoms with E-state index in [1.807, 2.05) is 30.3 Å². The number of aryl methyl sites for hydroxylation is 1. The van der Waals surface area contributed by atoms with Crippen LogP contribution in [-0.4, -0.2) is 9.97 Å². The van der Waals surface area contributed by atoms with Crippen molar-refractivity contribution in [2.45, 2.75) is 6.92 Å². The molecule has 0 aliphatic carbocycles. The summed E-state index contributed by atoms with van der Waals surface area (Å²) < 4.78 is 0. The van der Waals surface area contributed by atoms with E-state index in [0.29, 0.717) is 5.69 Å². The van der Waals surface area contributed by atoms with Crippen molar-refractivity contribution >= 4 is 28.1 Å². The lowest BCUT2D eigenvalue weighted by Gasteiger charge is -2.08. The molecule has 19 heavy (non-hydrogen) atoms. The van der Waals surface area contributed by atoms with E-state index in [9.17, 15) is 0 Å². The number of nitrogens with one attached hydrogen (secondary N) is 1. The summed E-state index contributed by atoms with van der Waals surface area (Å²) in [6, 6.07) is 13.8. The Morgan fingerprint density at radius 3 is 2.58 bits per heavy atom. The zero-order valence-corrected chi connectivity index (χ0v) is 10.6. The van der Waals surface area contributed by atoms with Crippen LogP contribution in [0.15, 0.2) is 48.8 Å². The fourth-order valence-electron chi connectivity index (χ4n) is 1.95. The lowest BCUT2D eigenvalue weighted by atomic mass is 10.2. The minimum atomic E-state index is 0.701. The normalized spacial score (nSPS) is 10.6. The Hall–Kier alpha value is -2.62.